The number of hydrogen-bond acceptors (Lipinski definition) is 1. The van der Waals surface area contributed by atoms with Crippen LogP contribution in [0.15, 0.2) is 36.4 Å². The highest BCUT2D eigenvalue weighted by Crippen LogP contribution is 2.26. The summed E-state index contributed by atoms with van der Waals surface area (Å²) < 4.78 is 13.0. The number of halogens is 1. The first-order valence-electron chi connectivity index (χ1n) is 6.93. The van der Waals surface area contributed by atoms with Gasteiger partial charge in [0.1, 0.15) is 5.82 Å². The maximum absolute atomic E-state index is 13.0. The van der Waals surface area contributed by atoms with Crippen molar-refractivity contribution in [3.63, 3.8) is 0 Å². The molecule has 0 heterocycles. The van der Waals surface area contributed by atoms with Crippen LogP contribution in [0.25, 0.3) is 0 Å². The fourth-order valence-corrected chi connectivity index (χ4v) is 2.78. The molecule has 2 rings (SSSR count). The van der Waals surface area contributed by atoms with Gasteiger partial charge in [0.15, 0.2) is 0 Å². The molecule has 2 aromatic rings. The van der Waals surface area contributed by atoms with Crippen LogP contribution in [-0.4, -0.2) is 11.1 Å². The zero-order chi connectivity index (χ0) is 15.6. The average molecular weight is 286 g/mol. The number of carboxylic acids is 1. The minimum absolute atomic E-state index is 0.356. The molecule has 0 aliphatic carbocycles. The summed E-state index contributed by atoms with van der Waals surface area (Å²) in [6, 6.07) is 9.83. The zero-order valence-corrected chi connectivity index (χ0v) is 12.5. The summed E-state index contributed by atoms with van der Waals surface area (Å²) in [5.41, 5.74) is 5.05. The molecular weight excluding hydrogens is 267 g/mol. The molecule has 110 valence electrons. The van der Waals surface area contributed by atoms with Gasteiger partial charge in [-0.1, -0.05) is 29.8 Å². The molecule has 0 spiro atoms. The van der Waals surface area contributed by atoms with Gasteiger partial charge in [0.2, 0.25) is 0 Å². The molecule has 2 aromatic carbocycles. The summed E-state index contributed by atoms with van der Waals surface area (Å²) in [6.07, 6.45) is 0.416. The first-order chi connectivity index (χ1) is 9.88. The molecule has 2 nitrogen and oxygen atoms in total. The van der Waals surface area contributed by atoms with Gasteiger partial charge in [0.25, 0.3) is 0 Å². The van der Waals surface area contributed by atoms with Gasteiger partial charge in [-0.3, -0.25) is 4.79 Å². The summed E-state index contributed by atoms with van der Waals surface area (Å²) in [5, 5.41) is 9.50. The lowest BCUT2D eigenvalue weighted by Gasteiger charge is -2.17. The second-order valence-electron chi connectivity index (χ2n) is 5.52. The van der Waals surface area contributed by atoms with E-state index in [0.717, 1.165) is 16.7 Å². The van der Waals surface area contributed by atoms with E-state index in [4.69, 9.17) is 0 Å². The Morgan fingerprint density at radius 1 is 1.10 bits per heavy atom. The second kappa shape index (κ2) is 6.08. The minimum atomic E-state index is -0.888. The van der Waals surface area contributed by atoms with E-state index in [0.29, 0.717) is 12.0 Å². The molecule has 0 saturated heterocycles. The predicted molar refractivity (Wildman–Crippen MR) is 81.1 cm³/mol. The average Bonchev–Trinajstić information content (AvgIpc) is 2.39. The molecule has 3 heteroatoms. The number of hydrogen-bond donors (Lipinski definition) is 1. The van der Waals surface area contributed by atoms with Crippen LogP contribution in [0, 0.1) is 26.6 Å². The second-order valence-corrected chi connectivity index (χ2v) is 5.52. The van der Waals surface area contributed by atoms with E-state index in [1.807, 2.05) is 20.8 Å². The summed E-state index contributed by atoms with van der Waals surface area (Å²) in [7, 11) is 0. The molecule has 1 N–H and O–H groups in total. The normalized spacial score (nSPS) is 12.2. The van der Waals surface area contributed by atoms with Crippen LogP contribution in [0.3, 0.4) is 0 Å². The molecule has 0 fully saturated rings. The van der Waals surface area contributed by atoms with Crippen molar-refractivity contribution in [3.05, 3.63) is 70.0 Å². The van der Waals surface area contributed by atoms with Crippen molar-refractivity contribution < 1.29 is 14.3 Å². The first kappa shape index (κ1) is 15.2. The van der Waals surface area contributed by atoms with Crippen molar-refractivity contribution in [1.82, 2.24) is 0 Å². The zero-order valence-electron chi connectivity index (χ0n) is 12.5. The molecule has 0 amide bonds. The van der Waals surface area contributed by atoms with Crippen LogP contribution in [-0.2, 0) is 11.2 Å². The van der Waals surface area contributed by atoms with Gasteiger partial charge in [-0.2, -0.15) is 0 Å². The van der Waals surface area contributed by atoms with Crippen LogP contribution in [0.1, 0.15) is 33.7 Å². The summed E-state index contributed by atoms with van der Waals surface area (Å²) >= 11 is 0. The van der Waals surface area contributed by atoms with Gasteiger partial charge in [0.05, 0.1) is 5.92 Å². The lowest BCUT2D eigenvalue weighted by atomic mass is 9.87. The number of aryl methyl sites for hydroxylation is 3. The van der Waals surface area contributed by atoms with Gasteiger partial charge in [-0.25, -0.2) is 4.39 Å². The van der Waals surface area contributed by atoms with Crippen molar-refractivity contribution >= 4 is 5.97 Å². The highest BCUT2D eigenvalue weighted by Gasteiger charge is 2.22. The van der Waals surface area contributed by atoms with Gasteiger partial charge >= 0.3 is 5.97 Å². The number of carboxylic acid groups (broad SMARTS) is 1. The quantitative estimate of drug-likeness (QED) is 0.916. The number of rotatable bonds is 4. The number of aliphatic carboxylic acids is 1. The van der Waals surface area contributed by atoms with E-state index >= 15 is 0 Å². The largest absolute Gasteiger partial charge is 0.481 e. The molecule has 21 heavy (non-hydrogen) atoms. The third-order valence-corrected chi connectivity index (χ3v) is 3.82. The first-order valence-corrected chi connectivity index (χ1v) is 6.93. The van der Waals surface area contributed by atoms with Crippen molar-refractivity contribution in [2.75, 3.05) is 0 Å². The highest BCUT2D eigenvalue weighted by atomic mass is 19.1. The maximum Gasteiger partial charge on any atom is 0.311 e. The van der Waals surface area contributed by atoms with Crippen LogP contribution in [0.2, 0.25) is 0 Å². The molecular formula is C18H19FO2. The Morgan fingerprint density at radius 3 is 2.10 bits per heavy atom. The summed E-state index contributed by atoms with van der Waals surface area (Å²) in [6.45, 7) is 6.02. The summed E-state index contributed by atoms with van der Waals surface area (Å²) in [5.74, 6) is -1.91. The minimum Gasteiger partial charge on any atom is -0.481 e. The lowest BCUT2D eigenvalue weighted by Crippen LogP contribution is -2.16. The number of benzene rings is 2. The fourth-order valence-electron chi connectivity index (χ4n) is 2.78. The highest BCUT2D eigenvalue weighted by molar-refractivity contribution is 5.76. The molecule has 0 radical (unpaired) electrons. The van der Waals surface area contributed by atoms with Crippen molar-refractivity contribution in [2.24, 2.45) is 0 Å². The van der Waals surface area contributed by atoms with E-state index in [2.05, 4.69) is 12.1 Å². The predicted octanol–water partition coefficient (Wildman–Crippen LogP) is 4.16. The SMILES string of the molecule is Cc1cc(C)c(CC(C(=O)O)c2ccc(F)cc2)c(C)c1. The molecule has 0 bridgehead atoms. The van der Waals surface area contributed by atoms with Gasteiger partial charge in [-0.05, 0) is 61.6 Å². The fraction of sp³-hybridized carbons (Fsp3) is 0.278. The Balaban J connectivity index is 2.38. The van der Waals surface area contributed by atoms with Crippen molar-refractivity contribution in [3.8, 4) is 0 Å². The Kier molecular flexibility index (Phi) is 4.41. The molecule has 0 aromatic heterocycles. The summed E-state index contributed by atoms with van der Waals surface area (Å²) in [4.78, 5) is 11.6. The monoisotopic (exact) mass is 286 g/mol. The molecule has 0 saturated carbocycles. The third-order valence-electron chi connectivity index (χ3n) is 3.82. The van der Waals surface area contributed by atoms with Crippen LogP contribution >= 0.6 is 0 Å². The van der Waals surface area contributed by atoms with E-state index in [9.17, 15) is 14.3 Å². The third kappa shape index (κ3) is 3.48. The lowest BCUT2D eigenvalue weighted by molar-refractivity contribution is -0.138. The van der Waals surface area contributed by atoms with E-state index in [1.165, 1.54) is 17.7 Å². The van der Waals surface area contributed by atoms with Crippen LogP contribution in [0.5, 0.6) is 0 Å². The number of carbonyl (C=O) groups is 1. The molecule has 1 atom stereocenters. The molecule has 0 aliphatic rings. The van der Waals surface area contributed by atoms with Gasteiger partial charge in [-0.15, -0.1) is 0 Å². The van der Waals surface area contributed by atoms with Crippen molar-refractivity contribution in [1.29, 1.82) is 0 Å². The standard InChI is InChI=1S/C18H19FO2/c1-11-8-12(2)16(13(3)9-11)10-17(18(20)21)14-4-6-15(19)7-5-14/h4-9,17H,10H2,1-3H3,(H,20,21). The van der Waals surface area contributed by atoms with Crippen molar-refractivity contribution in [2.45, 2.75) is 33.1 Å². The Bertz CT molecular complexity index is 636. The topological polar surface area (TPSA) is 37.3 Å². The van der Waals surface area contributed by atoms with Crippen LogP contribution < -0.4 is 0 Å². The van der Waals surface area contributed by atoms with Gasteiger partial charge < -0.3 is 5.11 Å². The van der Waals surface area contributed by atoms with Crippen LogP contribution in [0.4, 0.5) is 4.39 Å². The Labute approximate surface area is 124 Å². The van der Waals surface area contributed by atoms with Gasteiger partial charge in [0, 0.05) is 0 Å². The van der Waals surface area contributed by atoms with E-state index in [-0.39, 0.29) is 5.82 Å². The maximum atomic E-state index is 13.0. The van der Waals surface area contributed by atoms with E-state index < -0.39 is 11.9 Å². The Hall–Kier alpha value is -2.16. The Morgan fingerprint density at radius 2 is 1.62 bits per heavy atom. The van der Waals surface area contributed by atoms with E-state index in [1.54, 1.807) is 12.1 Å². The molecule has 0 aliphatic heterocycles. The molecule has 1 unspecified atom stereocenters. The smallest absolute Gasteiger partial charge is 0.311 e.